The molecule has 1 aromatic rings. The number of nitro benzene ring substituents is 1. The van der Waals surface area contributed by atoms with Gasteiger partial charge in [0.1, 0.15) is 5.69 Å². The quantitative estimate of drug-likeness (QED) is 0.572. The lowest BCUT2D eigenvalue weighted by Crippen LogP contribution is -2.41. The van der Waals surface area contributed by atoms with Crippen LogP contribution >= 0.6 is 0 Å². The average molecular weight is 383 g/mol. The lowest BCUT2D eigenvalue weighted by molar-refractivity contribution is -0.384. The number of nitrogens with zero attached hydrogens (tertiary/aromatic N) is 3. The highest BCUT2D eigenvalue weighted by molar-refractivity contribution is 7.89. The Hall–Kier alpha value is -1.71. The predicted molar refractivity (Wildman–Crippen MR) is 98.0 cm³/mol. The molecule has 0 radical (unpaired) electrons. The largest absolute Gasteiger partial charge is 0.379 e. The third-order valence-corrected chi connectivity index (χ3v) is 7.05. The molecule has 0 bridgehead atoms. The molecule has 2 aliphatic rings. The van der Waals surface area contributed by atoms with E-state index >= 15 is 0 Å². The zero-order valence-corrected chi connectivity index (χ0v) is 15.8. The molecule has 3 rings (SSSR count). The maximum Gasteiger partial charge on any atom is 0.293 e. The molecule has 0 saturated carbocycles. The van der Waals surface area contributed by atoms with E-state index in [-0.39, 0.29) is 29.7 Å². The summed E-state index contributed by atoms with van der Waals surface area (Å²) in [5.41, 5.74) is 0.377. The first-order valence-electron chi connectivity index (χ1n) is 9.08. The maximum atomic E-state index is 12.8. The Morgan fingerprint density at radius 3 is 2.62 bits per heavy atom. The van der Waals surface area contributed by atoms with Gasteiger partial charge in [-0.3, -0.25) is 10.1 Å². The Labute approximate surface area is 153 Å². The van der Waals surface area contributed by atoms with Crippen LogP contribution in [-0.4, -0.2) is 56.5 Å². The lowest BCUT2D eigenvalue weighted by atomic mass is 9.99. The average Bonchev–Trinajstić information content (AvgIpc) is 2.68. The number of ether oxygens (including phenoxy) is 1. The van der Waals surface area contributed by atoms with E-state index in [9.17, 15) is 18.5 Å². The van der Waals surface area contributed by atoms with E-state index in [4.69, 9.17) is 4.74 Å². The highest BCUT2D eigenvalue weighted by Crippen LogP contribution is 2.36. The molecule has 1 aromatic carbocycles. The van der Waals surface area contributed by atoms with Crippen LogP contribution in [0.15, 0.2) is 23.1 Å². The molecule has 1 atom stereocenters. The summed E-state index contributed by atoms with van der Waals surface area (Å²) in [7, 11) is -3.75. The van der Waals surface area contributed by atoms with Crippen LogP contribution < -0.4 is 4.90 Å². The Kier molecular flexibility index (Phi) is 5.79. The second-order valence-corrected chi connectivity index (χ2v) is 8.61. The number of nitro groups is 1. The van der Waals surface area contributed by atoms with Gasteiger partial charge in [-0.1, -0.05) is 6.92 Å². The van der Waals surface area contributed by atoms with E-state index < -0.39 is 14.9 Å². The standard InChI is InChI=1S/C17H25N3O5S/c1-2-14-5-3-4-8-19(14)16-7-6-15(13-17(16)20(21)22)26(23,24)18-9-11-25-12-10-18/h6-7,13-14H,2-5,8-12H2,1H3. The van der Waals surface area contributed by atoms with Crippen molar-refractivity contribution in [3.63, 3.8) is 0 Å². The van der Waals surface area contributed by atoms with Crippen molar-refractivity contribution in [3.8, 4) is 0 Å². The van der Waals surface area contributed by atoms with Gasteiger partial charge in [0.25, 0.3) is 5.69 Å². The first kappa shape index (κ1) is 19.1. The molecule has 2 saturated heterocycles. The summed E-state index contributed by atoms with van der Waals surface area (Å²) in [6.07, 6.45) is 4.01. The normalized spacial score (nSPS) is 22.3. The molecule has 0 aromatic heterocycles. The second kappa shape index (κ2) is 7.89. The van der Waals surface area contributed by atoms with E-state index in [1.165, 1.54) is 16.4 Å². The Bertz CT molecular complexity index is 762. The Morgan fingerprint density at radius 1 is 1.23 bits per heavy atom. The van der Waals surface area contributed by atoms with Gasteiger partial charge in [0.2, 0.25) is 10.0 Å². The molecule has 26 heavy (non-hydrogen) atoms. The van der Waals surface area contributed by atoms with Crippen molar-refractivity contribution in [2.24, 2.45) is 0 Å². The van der Waals surface area contributed by atoms with Crippen molar-refractivity contribution in [3.05, 3.63) is 28.3 Å². The minimum Gasteiger partial charge on any atom is -0.379 e. The first-order chi connectivity index (χ1) is 12.4. The van der Waals surface area contributed by atoms with Gasteiger partial charge >= 0.3 is 0 Å². The van der Waals surface area contributed by atoms with E-state index in [0.717, 1.165) is 32.2 Å². The van der Waals surface area contributed by atoms with Crippen molar-refractivity contribution >= 4 is 21.4 Å². The van der Waals surface area contributed by atoms with E-state index in [1.54, 1.807) is 6.07 Å². The summed E-state index contributed by atoms with van der Waals surface area (Å²) in [4.78, 5) is 13.2. The van der Waals surface area contributed by atoms with Crippen LogP contribution in [0.2, 0.25) is 0 Å². The molecule has 8 nitrogen and oxygen atoms in total. The number of piperidine rings is 1. The molecule has 0 amide bonds. The van der Waals surface area contributed by atoms with Crippen LogP contribution in [0.1, 0.15) is 32.6 Å². The van der Waals surface area contributed by atoms with Gasteiger partial charge < -0.3 is 9.64 Å². The number of hydrogen-bond donors (Lipinski definition) is 0. The van der Waals surface area contributed by atoms with Gasteiger partial charge in [-0.2, -0.15) is 4.31 Å². The fourth-order valence-corrected chi connectivity index (χ4v) is 5.16. The summed E-state index contributed by atoms with van der Waals surface area (Å²) in [5.74, 6) is 0. The first-order valence-corrected chi connectivity index (χ1v) is 10.5. The fraction of sp³-hybridized carbons (Fsp3) is 0.647. The monoisotopic (exact) mass is 383 g/mol. The zero-order valence-electron chi connectivity index (χ0n) is 15.0. The minimum absolute atomic E-state index is 0.0279. The minimum atomic E-state index is -3.75. The van der Waals surface area contributed by atoms with E-state index in [1.807, 2.05) is 0 Å². The third kappa shape index (κ3) is 3.70. The smallest absolute Gasteiger partial charge is 0.293 e. The van der Waals surface area contributed by atoms with Gasteiger partial charge in [0, 0.05) is 31.7 Å². The topological polar surface area (TPSA) is 93.0 Å². The van der Waals surface area contributed by atoms with Crippen LogP contribution in [-0.2, 0) is 14.8 Å². The number of rotatable bonds is 5. The summed E-state index contributed by atoms with van der Waals surface area (Å²) in [6.45, 7) is 4.04. The highest BCUT2D eigenvalue weighted by Gasteiger charge is 2.31. The van der Waals surface area contributed by atoms with Crippen molar-refractivity contribution in [1.82, 2.24) is 4.31 Å². The van der Waals surface area contributed by atoms with Crippen molar-refractivity contribution in [1.29, 1.82) is 0 Å². The lowest BCUT2D eigenvalue weighted by Gasteiger charge is -2.36. The molecule has 9 heteroatoms. The molecule has 0 N–H and O–H groups in total. The number of morpholine rings is 1. The van der Waals surface area contributed by atoms with Gasteiger partial charge in [-0.15, -0.1) is 0 Å². The predicted octanol–water partition coefficient (Wildman–Crippen LogP) is 2.38. The number of anilines is 1. The number of hydrogen-bond acceptors (Lipinski definition) is 6. The van der Waals surface area contributed by atoms with Crippen LogP contribution in [0.3, 0.4) is 0 Å². The van der Waals surface area contributed by atoms with Crippen molar-refractivity contribution in [2.75, 3.05) is 37.7 Å². The second-order valence-electron chi connectivity index (χ2n) is 6.68. The number of sulfonamides is 1. The van der Waals surface area contributed by atoms with Gasteiger partial charge in [0.05, 0.1) is 23.0 Å². The molecule has 2 heterocycles. The molecular formula is C17H25N3O5S. The maximum absolute atomic E-state index is 12.8. The zero-order chi connectivity index (χ0) is 18.7. The van der Waals surface area contributed by atoms with E-state index in [0.29, 0.717) is 18.9 Å². The van der Waals surface area contributed by atoms with Crippen LogP contribution in [0, 0.1) is 10.1 Å². The summed E-state index contributed by atoms with van der Waals surface area (Å²) >= 11 is 0. The summed E-state index contributed by atoms with van der Waals surface area (Å²) in [6, 6.07) is 4.55. The third-order valence-electron chi connectivity index (χ3n) is 5.16. The summed E-state index contributed by atoms with van der Waals surface area (Å²) in [5, 5.41) is 11.7. The molecule has 0 aliphatic carbocycles. The molecule has 1 unspecified atom stereocenters. The fourth-order valence-electron chi connectivity index (χ4n) is 3.73. The van der Waals surface area contributed by atoms with E-state index in [2.05, 4.69) is 11.8 Å². The van der Waals surface area contributed by atoms with Gasteiger partial charge in [0.15, 0.2) is 0 Å². The molecular weight excluding hydrogens is 358 g/mol. The molecule has 2 aliphatic heterocycles. The number of benzene rings is 1. The molecule has 2 fully saturated rings. The summed E-state index contributed by atoms with van der Waals surface area (Å²) < 4.78 is 32.1. The van der Waals surface area contributed by atoms with Gasteiger partial charge in [-0.25, -0.2) is 8.42 Å². The SMILES string of the molecule is CCC1CCCCN1c1ccc(S(=O)(=O)N2CCOCC2)cc1[N+](=O)[O-]. The highest BCUT2D eigenvalue weighted by atomic mass is 32.2. The van der Waals surface area contributed by atoms with Crippen molar-refractivity contribution in [2.45, 2.75) is 43.5 Å². The van der Waals surface area contributed by atoms with Crippen LogP contribution in [0.4, 0.5) is 11.4 Å². The van der Waals surface area contributed by atoms with Crippen LogP contribution in [0.5, 0.6) is 0 Å². The molecule has 144 valence electrons. The van der Waals surface area contributed by atoms with Gasteiger partial charge in [-0.05, 0) is 37.8 Å². The van der Waals surface area contributed by atoms with Crippen LogP contribution in [0.25, 0.3) is 0 Å². The Morgan fingerprint density at radius 2 is 1.96 bits per heavy atom. The molecule has 0 spiro atoms. The Balaban J connectivity index is 1.98. The van der Waals surface area contributed by atoms with Crippen molar-refractivity contribution < 1.29 is 18.1 Å².